The zero-order chi connectivity index (χ0) is 18.7. The normalized spacial score (nSPS) is 14.3. The molecule has 2 amide bonds. The summed E-state index contributed by atoms with van der Waals surface area (Å²) in [5.41, 5.74) is 0.845. The third kappa shape index (κ3) is 3.42. The molecule has 26 heavy (non-hydrogen) atoms. The third-order valence-corrected chi connectivity index (χ3v) is 4.31. The van der Waals surface area contributed by atoms with Gasteiger partial charge in [-0.1, -0.05) is 6.07 Å². The van der Waals surface area contributed by atoms with Crippen molar-refractivity contribution in [2.45, 2.75) is 0 Å². The first-order valence-corrected chi connectivity index (χ1v) is 8.14. The van der Waals surface area contributed by atoms with Gasteiger partial charge in [-0.05, 0) is 30.3 Å². The number of ether oxygens (including phenoxy) is 2. The van der Waals surface area contributed by atoms with Crippen LogP contribution < -0.4 is 14.4 Å². The molecule has 0 unspecified atom stereocenters. The van der Waals surface area contributed by atoms with Crippen LogP contribution in [0.4, 0.5) is 5.69 Å². The molecule has 2 aromatic carbocycles. The van der Waals surface area contributed by atoms with E-state index in [2.05, 4.69) is 0 Å². The minimum atomic E-state index is -0.403. The first-order chi connectivity index (χ1) is 12.5. The lowest BCUT2D eigenvalue weighted by Crippen LogP contribution is -2.52. The second-order valence-corrected chi connectivity index (χ2v) is 5.86. The molecule has 0 atom stereocenters. The maximum Gasteiger partial charge on any atom is 0.258 e. The molecule has 0 aromatic heterocycles. The summed E-state index contributed by atoms with van der Waals surface area (Å²) in [5, 5.41) is 9.97. The number of hydrogen-bond donors (Lipinski definition) is 1. The highest BCUT2D eigenvalue weighted by atomic mass is 16.5. The Labute approximate surface area is 151 Å². The van der Waals surface area contributed by atoms with Crippen LogP contribution in [0.1, 0.15) is 10.4 Å². The predicted molar refractivity (Wildman–Crippen MR) is 95.9 cm³/mol. The van der Waals surface area contributed by atoms with E-state index in [4.69, 9.17) is 9.47 Å². The lowest BCUT2D eigenvalue weighted by Gasteiger charge is -2.34. The number of anilines is 1. The number of piperazine rings is 1. The second-order valence-electron chi connectivity index (χ2n) is 5.86. The summed E-state index contributed by atoms with van der Waals surface area (Å²) in [4.78, 5) is 28.3. The largest absolute Gasteiger partial charge is 0.507 e. The van der Waals surface area contributed by atoms with Gasteiger partial charge < -0.3 is 24.4 Å². The van der Waals surface area contributed by atoms with Crippen molar-refractivity contribution in [1.29, 1.82) is 0 Å². The number of carbonyl (C=O) groups is 2. The van der Waals surface area contributed by atoms with Crippen LogP contribution >= 0.6 is 0 Å². The molecule has 1 fully saturated rings. The van der Waals surface area contributed by atoms with Crippen LogP contribution in [0, 0.1) is 0 Å². The zero-order valence-electron chi connectivity index (χ0n) is 14.6. The number of phenolic OH excluding ortho intramolecular Hbond substituents is 1. The third-order valence-electron chi connectivity index (χ3n) is 4.31. The van der Waals surface area contributed by atoms with Crippen molar-refractivity contribution in [1.82, 2.24) is 4.90 Å². The standard InChI is InChI=1S/C19H20N2O5/c1-25-14-5-3-4-13(10-14)21-9-8-20(12-18(21)23)19(24)16-11-15(26-2)6-7-17(16)22/h3-7,10-11,22H,8-9,12H2,1-2H3. The van der Waals surface area contributed by atoms with E-state index in [0.717, 1.165) is 5.69 Å². The highest BCUT2D eigenvalue weighted by Gasteiger charge is 2.30. The highest BCUT2D eigenvalue weighted by molar-refractivity contribution is 6.03. The van der Waals surface area contributed by atoms with Gasteiger partial charge in [0.05, 0.1) is 19.8 Å². The number of nitrogens with zero attached hydrogens (tertiary/aromatic N) is 2. The number of carbonyl (C=O) groups excluding carboxylic acids is 2. The molecule has 7 heteroatoms. The van der Waals surface area contributed by atoms with Crippen molar-refractivity contribution in [3.63, 3.8) is 0 Å². The molecule has 0 bridgehead atoms. The Bertz CT molecular complexity index is 836. The Kier molecular flexibility index (Phi) is 4.97. The van der Waals surface area contributed by atoms with E-state index in [0.29, 0.717) is 24.6 Å². The molecule has 1 aliphatic rings. The topological polar surface area (TPSA) is 79.3 Å². The van der Waals surface area contributed by atoms with Crippen LogP contribution in [0.25, 0.3) is 0 Å². The fourth-order valence-electron chi connectivity index (χ4n) is 2.88. The number of hydrogen-bond acceptors (Lipinski definition) is 5. The fraction of sp³-hybridized carbons (Fsp3) is 0.263. The van der Waals surface area contributed by atoms with E-state index >= 15 is 0 Å². The van der Waals surface area contributed by atoms with Gasteiger partial charge in [0.2, 0.25) is 5.91 Å². The van der Waals surface area contributed by atoms with E-state index in [9.17, 15) is 14.7 Å². The molecule has 1 N–H and O–H groups in total. The van der Waals surface area contributed by atoms with Gasteiger partial charge in [0.1, 0.15) is 23.8 Å². The molecule has 2 aromatic rings. The zero-order valence-corrected chi connectivity index (χ0v) is 14.6. The van der Waals surface area contributed by atoms with Gasteiger partial charge in [-0.15, -0.1) is 0 Å². The quantitative estimate of drug-likeness (QED) is 0.905. The average Bonchev–Trinajstić information content (AvgIpc) is 2.67. The Hall–Kier alpha value is -3.22. The van der Waals surface area contributed by atoms with Crippen LogP contribution in [-0.4, -0.2) is 55.7 Å². The van der Waals surface area contributed by atoms with Gasteiger partial charge in [0.15, 0.2) is 0 Å². The summed E-state index contributed by atoms with van der Waals surface area (Å²) in [6.45, 7) is 0.660. The number of amides is 2. The molecule has 7 nitrogen and oxygen atoms in total. The molecule has 3 rings (SSSR count). The predicted octanol–water partition coefficient (Wildman–Crippen LogP) is 1.90. The van der Waals surface area contributed by atoms with Crippen molar-refractivity contribution >= 4 is 17.5 Å². The molecule has 0 aliphatic carbocycles. The van der Waals surface area contributed by atoms with Gasteiger partial charge in [-0.2, -0.15) is 0 Å². The second kappa shape index (κ2) is 7.35. The number of methoxy groups -OCH3 is 2. The van der Waals surface area contributed by atoms with Crippen molar-refractivity contribution in [3.05, 3.63) is 48.0 Å². The molecular formula is C19H20N2O5. The summed E-state index contributed by atoms with van der Waals surface area (Å²) in [5.74, 6) is 0.390. The maximum absolute atomic E-state index is 12.7. The first-order valence-electron chi connectivity index (χ1n) is 8.14. The molecule has 1 heterocycles. The van der Waals surface area contributed by atoms with E-state index < -0.39 is 5.91 Å². The summed E-state index contributed by atoms with van der Waals surface area (Å²) in [6, 6.07) is 11.7. The first kappa shape index (κ1) is 17.6. The summed E-state index contributed by atoms with van der Waals surface area (Å²) >= 11 is 0. The summed E-state index contributed by atoms with van der Waals surface area (Å²) < 4.78 is 10.3. The van der Waals surface area contributed by atoms with E-state index in [1.165, 1.54) is 24.1 Å². The molecule has 0 saturated carbocycles. The molecule has 1 aliphatic heterocycles. The maximum atomic E-state index is 12.7. The summed E-state index contributed by atoms with van der Waals surface area (Å²) in [7, 11) is 3.05. The molecule has 1 saturated heterocycles. The van der Waals surface area contributed by atoms with Gasteiger partial charge in [-0.3, -0.25) is 9.59 Å². The van der Waals surface area contributed by atoms with E-state index in [-0.39, 0.29) is 23.8 Å². The molecular weight excluding hydrogens is 336 g/mol. The van der Waals surface area contributed by atoms with E-state index in [1.54, 1.807) is 30.2 Å². The van der Waals surface area contributed by atoms with E-state index in [1.807, 2.05) is 12.1 Å². The lowest BCUT2D eigenvalue weighted by molar-refractivity contribution is -0.120. The summed E-state index contributed by atoms with van der Waals surface area (Å²) in [6.07, 6.45) is 0. The minimum absolute atomic E-state index is 0.0628. The van der Waals surface area contributed by atoms with Crippen LogP contribution in [0.5, 0.6) is 17.2 Å². The van der Waals surface area contributed by atoms with Gasteiger partial charge >= 0.3 is 0 Å². The molecule has 136 valence electrons. The highest BCUT2D eigenvalue weighted by Crippen LogP contribution is 2.26. The Morgan fingerprint density at radius 3 is 2.46 bits per heavy atom. The van der Waals surface area contributed by atoms with Crippen LogP contribution in [0.15, 0.2) is 42.5 Å². The lowest BCUT2D eigenvalue weighted by atomic mass is 10.1. The van der Waals surface area contributed by atoms with Crippen molar-refractivity contribution in [3.8, 4) is 17.2 Å². The Morgan fingerprint density at radius 1 is 1.04 bits per heavy atom. The number of rotatable bonds is 4. The van der Waals surface area contributed by atoms with Crippen LogP contribution in [-0.2, 0) is 4.79 Å². The Balaban J connectivity index is 1.76. The van der Waals surface area contributed by atoms with Crippen molar-refractivity contribution in [2.24, 2.45) is 0 Å². The Morgan fingerprint density at radius 2 is 1.77 bits per heavy atom. The van der Waals surface area contributed by atoms with Crippen LogP contribution in [0.2, 0.25) is 0 Å². The molecule has 0 spiro atoms. The number of benzene rings is 2. The van der Waals surface area contributed by atoms with Gasteiger partial charge in [-0.25, -0.2) is 0 Å². The smallest absolute Gasteiger partial charge is 0.258 e. The fourth-order valence-corrected chi connectivity index (χ4v) is 2.88. The average molecular weight is 356 g/mol. The van der Waals surface area contributed by atoms with Gasteiger partial charge in [0.25, 0.3) is 5.91 Å². The van der Waals surface area contributed by atoms with Crippen LogP contribution in [0.3, 0.4) is 0 Å². The SMILES string of the molecule is COc1cccc(N2CCN(C(=O)c3cc(OC)ccc3O)CC2=O)c1. The minimum Gasteiger partial charge on any atom is -0.507 e. The number of aromatic hydroxyl groups is 1. The van der Waals surface area contributed by atoms with Crippen molar-refractivity contribution in [2.75, 3.05) is 38.8 Å². The molecule has 0 radical (unpaired) electrons. The number of phenols is 1. The monoisotopic (exact) mass is 356 g/mol. The van der Waals surface area contributed by atoms with Crippen molar-refractivity contribution < 1.29 is 24.2 Å². The van der Waals surface area contributed by atoms with Gasteiger partial charge in [0, 0.05) is 24.8 Å².